The third kappa shape index (κ3) is 3.76. The monoisotopic (exact) mass is 387 g/mol. The number of hydrogen-bond donors (Lipinski definition) is 1. The van der Waals surface area contributed by atoms with Gasteiger partial charge in [-0.2, -0.15) is 0 Å². The third-order valence-electron chi connectivity index (χ3n) is 5.68. The number of carbonyl (C=O) groups is 1. The van der Waals surface area contributed by atoms with Crippen LogP contribution in [0.2, 0.25) is 0 Å². The molecule has 4 nitrogen and oxygen atoms in total. The van der Waals surface area contributed by atoms with Crippen LogP contribution in [0, 0.1) is 0 Å². The Morgan fingerprint density at radius 3 is 2.07 bits per heavy atom. The van der Waals surface area contributed by atoms with Crippen molar-refractivity contribution in [3.05, 3.63) is 95.6 Å². The van der Waals surface area contributed by atoms with Crippen LogP contribution in [0.3, 0.4) is 0 Å². The molecule has 1 N–H and O–H groups in total. The Bertz CT molecular complexity index is 941. The Hall–Kier alpha value is -3.11. The van der Waals surface area contributed by atoms with Crippen molar-refractivity contribution in [1.82, 2.24) is 4.90 Å². The van der Waals surface area contributed by atoms with E-state index in [4.69, 9.17) is 4.74 Å². The average molecular weight is 387 g/mol. The van der Waals surface area contributed by atoms with Crippen molar-refractivity contribution in [2.24, 2.45) is 0 Å². The van der Waals surface area contributed by atoms with E-state index in [1.165, 1.54) is 22.3 Å². The fourth-order valence-electron chi connectivity index (χ4n) is 4.20. The molecule has 148 valence electrons. The summed E-state index contributed by atoms with van der Waals surface area (Å²) in [6.07, 6.45) is 0.0826. The normalized spacial score (nSPS) is 13.4. The highest BCUT2D eigenvalue weighted by molar-refractivity contribution is 5.79. The second-order valence-corrected chi connectivity index (χ2v) is 7.35. The maximum Gasteiger partial charge on any atom is 0.410 e. The number of rotatable bonds is 6. The lowest BCUT2D eigenvalue weighted by Gasteiger charge is -2.28. The molecule has 0 spiro atoms. The van der Waals surface area contributed by atoms with Gasteiger partial charge in [-0.15, -0.1) is 0 Å². The molecule has 1 aliphatic rings. The SMILES string of the molecule is CN(C(=O)OCC1c2ccccc2-c2ccccc21)[C@@H](CCO)c1ccccc1. The molecule has 0 fully saturated rings. The van der Waals surface area contributed by atoms with Crippen molar-refractivity contribution in [3.8, 4) is 11.1 Å². The first kappa shape index (κ1) is 19.2. The predicted octanol–water partition coefficient (Wildman–Crippen LogP) is 4.99. The number of fused-ring (bicyclic) bond motifs is 3. The molecule has 0 saturated heterocycles. The van der Waals surface area contributed by atoms with Crippen molar-refractivity contribution >= 4 is 6.09 Å². The summed E-state index contributed by atoms with van der Waals surface area (Å²) in [6.45, 7) is 0.290. The highest BCUT2D eigenvalue weighted by Crippen LogP contribution is 2.44. The minimum absolute atomic E-state index is 0.000552. The van der Waals surface area contributed by atoms with E-state index >= 15 is 0 Å². The van der Waals surface area contributed by atoms with E-state index in [9.17, 15) is 9.90 Å². The molecule has 29 heavy (non-hydrogen) atoms. The first-order valence-corrected chi connectivity index (χ1v) is 9.94. The van der Waals surface area contributed by atoms with Crippen LogP contribution in [0.5, 0.6) is 0 Å². The lowest BCUT2D eigenvalue weighted by Crippen LogP contribution is -2.33. The van der Waals surface area contributed by atoms with E-state index < -0.39 is 0 Å². The first-order valence-electron chi connectivity index (χ1n) is 9.94. The van der Waals surface area contributed by atoms with Crippen molar-refractivity contribution in [2.75, 3.05) is 20.3 Å². The van der Waals surface area contributed by atoms with E-state index in [1.807, 2.05) is 54.6 Å². The van der Waals surface area contributed by atoms with Crippen molar-refractivity contribution in [3.63, 3.8) is 0 Å². The number of aliphatic hydroxyl groups is 1. The predicted molar refractivity (Wildman–Crippen MR) is 114 cm³/mol. The summed E-state index contributed by atoms with van der Waals surface area (Å²) in [5.74, 6) is 0.0350. The largest absolute Gasteiger partial charge is 0.448 e. The summed E-state index contributed by atoms with van der Waals surface area (Å²) in [5, 5.41) is 9.47. The molecule has 1 atom stereocenters. The van der Waals surface area contributed by atoms with Gasteiger partial charge in [0.15, 0.2) is 0 Å². The fraction of sp³-hybridized carbons (Fsp3) is 0.240. The number of carbonyl (C=O) groups excluding carboxylic acids is 1. The van der Waals surface area contributed by atoms with E-state index in [0.29, 0.717) is 6.42 Å². The highest BCUT2D eigenvalue weighted by atomic mass is 16.6. The molecule has 0 heterocycles. The van der Waals surface area contributed by atoms with Crippen LogP contribution in [-0.4, -0.2) is 36.4 Å². The molecule has 0 unspecified atom stereocenters. The molecule has 0 saturated carbocycles. The lowest BCUT2D eigenvalue weighted by molar-refractivity contribution is 0.0885. The average Bonchev–Trinajstić information content (AvgIpc) is 3.10. The number of ether oxygens (including phenoxy) is 1. The topological polar surface area (TPSA) is 49.8 Å². The maximum absolute atomic E-state index is 12.8. The van der Waals surface area contributed by atoms with E-state index in [0.717, 1.165) is 5.56 Å². The smallest absolute Gasteiger partial charge is 0.410 e. The van der Waals surface area contributed by atoms with Crippen molar-refractivity contribution in [2.45, 2.75) is 18.4 Å². The van der Waals surface area contributed by atoms with Crippen LogP contribution in [0.4, 0.5) is 4.79 Å². The molecule has 1 aliphatic carbocycles. The van der Waals surface area contributed by atoms with Gasteiger partial charge in [0.05, 0.1) is 6.04 Å². The molecular weight excluding hydrogens is 362 g/mol. The van der Waals surface area contributed by atoms with Gasteiger partial charge in [0.25, 0.3) is 0 Å². The van der Waals surface area contributed by atoms with Gasteiger partial charge in [-0.3, -0.25) is 0 Å². The zero-order chi connectivity index (χ0) is 20.2. The Morgan fingerprint density at radius 2 is 1.48 bits per heavy atom. The zero-order valence-electron chi connectivity index (χ0n) is 16.5. The second-order valence-electron chi connectivity index (χ2n) is 7.35. The Labute approximate surface area is 171 Å². The van der Waals surface area contributed by atoms with Crippen LogP contribution in [0.25, 0.3) is 11.1 Å². The van der Waals surface area contributed by atoms with E-state index in [-0.39, 0.29) is 31.3 Å². The molecule has 1 amide bonds. The molecule has 0 aliphatic heterocycles. The molecule has 4 rings (SSSR count). The summed E-state index contributed by atoms with van der Waals surface area (Å²) in [7, 11) is 1.73. The standard InChI is InChI=1S/C25H25NO3/c1-26(24(15-16-27)18-9-3-2-4-10-18)25(28)29-17-23-21-13-7-5-11-19(21)20-12-6-8-14-22(20)23/h2-14,23-24,27H,15-17H2,1H3/t24-/m0/s1. The number of hydrogen-bond acceptors (Lipinski definition) is 3. The lowest BCUT2D eigenvalue weighted by atomic mass is 9.98. The van der Waals surface area contributed by atoms with Crippen molar-refractivity contribution < 1.29 is 14.6 Å². The summed E-state index contributed by atoms with van der Waals surface area (Å²) < 4.78 is 5.76. The van der Waals surface area contributed by atoms with Gasteiger partial charge >= 0.3 is 6.09 Å². The highest BCUT2D eigenvalue weighted by Gasteiger charge is 2.30. The maximum atomic E-state index is 12.8. The van der Waals surface area contributed by atoms with Gasteiger partial charge in [-0.1, -0.05) is 78.9 Å². The van der Waals surface area contributed by atoms with Crippen LogP contribution in [0.1, 0.15) is 35.1 Å². The molecule has 3 aromatic rings. The van der Waals surface area contributed by atoms with Gasteiger partial charge in [0, 0.05) is 19.6 Å². The van der Waals surface area contributed by atoms with Gasteiger partial charge in [0.2, 0.25) is 0 Å². The first-order chi connectivity index (χ1) is 14.2. The van der Waals surface area contributed by atoms with E-state index in [1.54, 1.807) is 11.9 Å². The van der Waals surface area contributed by atoms with Gasteiger partial charge in [-0.05, 0) is 34.2 Å². The van der Waals surface area contributed by atoms with Crippen LogP contribution < -0.4 is 0 Å². The van der Waals surface area contributed by atoms with E-state index in [2.05, 4.69) is 24.3 Å². The molecule has 0 aromatic heterocycles. The number of aliphatic hydroxyl groups excluding tert-OH is 1. The minimum atomic E-state index is -0.380. The van der Waals surface area contributed by atoms with Gasteiger partial charge in [-0.25, -0.2) is 4.79 Å². The molecule has 4 heteroatoms. The quantitative estimate of drug-likeness (QED) is 0.648. The zero-order valence-corrected chi connectivity index (χ0v) is 16.5. The molecule has 3 aromatic carbocycles. The van der Waals surface area contributed by atoms with Crippen LogP contribution >= 0.6 is 0 Å². The second kappa shape index (κ2) is 8.50. The van der Waals surface area contributed by atoms with Gasteiger partial charge < -0.3 is 14.7 Å². The van der Waals surface area contributed by atoms with Crippen molar-refractivity contribution in [1.29, 1.82) is 0 Å². The number of nitrogens with zero attached hydrogens (tertiary/aromatic N) is 1. The Morgan fingerprint density at radius 1 is 0.931 bits per heavy atom. The summed E-state index contributed by atoms with van der Waals surface area (Å²) >= 11 is 0. The molecule has 0 radical (unpaired) electrons. The summed E-state index contributed by atoms with van der Waals surface area (Å²) in [6, 6.07) is 26.1. The van der Waals surface area contributed by atoms with Crippen LogP contribution in [0.15, 0.2) is 78.9 Å². The van der Waals surface area contributed by atoms with Crippen LogP contribution in [-0.2, 0) is 4.74 Å². The molecular formula is C25H25NO3. The summed E-state index contributed by atoms with van der Waals surface area (Å²) in [5.41, 5.74) is 5.79. The van der Waals surface area contributed by atoms with Gasteiger partial charge in [0.1, 0.15) is 6.61 Å². The Balaban J connectivity index is 1.51. The third-order valence-corrected chi connectivity index (χ3v) is 5.68. The summed E-state index contributed by atoms with van der Waals surface area (Å²) in [4.78, 5) is 14.4. The minimum Gasteiger partial charge on any atom is -0.448 e. The number of benzene rings is 3. The number of amides is 1. The fourth-order valence-corrected chi connectivity index (χ4v) is 4.20. The molecule has 0 bridgehead atoms. The Kier molecular flexibility index (Phi) is 5.63.